The molecule has 0 unspecified atom stereocenters. The molecule has 4 nitrogen and oxygen atoms in total. The van der Waals surface area contributed by atoms with E-state index in [4.69, 9.17) is 4.74 Å². The van der Waals surface area contributed by atoms with Crippen LogP contribution < -0.4 is 4.74 Å². The van der Waals surface area contributed by atoms with Crippen LogP contribution in [-0.4, -0.2) is 25.9 Å². The number of hydrogen-bond donors (Lipinski definition) is 0. The first kappa shape index (κ1) is 13.5. The summed E-state index contributed by atoms with van der Waals surface area (Å²) in [7, 11) is -2.93. The summed E-state index contributed by atoms with van der Waals surface area (Å²) in [5.41, 5.74) is 0. The maximum absolute atomic E-state index is 11.6. The first-order valence-corrected chi connectivity index (χ1v) is 8.23. The highest BCUT2D eigenvalue weighted by Gasteiger charge is 2.29. The van der Waals surface area contributed by atoms with Gasteiger partial charge in [0.05, 0.1) is 11.5 Å². The van der Waals surface area contributed by atoms with E-state index in [1.165, 1.54) is 0 Å². The highest BCUT2D eigenvalue weighted by atomic mass is 79.9. The van der Waals surface area contributed by atoms with E-state index < -0.39 is 9.84 Å². The molecule has 0 radical (unpaired) electrons. The summed E-state index contributed by atoms with van der Waals surface area (Å²) in [4.78, 5) is 11.6. The number of halogens is 1. The lowest BCUT2D eigenvalue weighted by atomic mass is 10.1. The maximum Gasteiger partial charge on any atom is 0.311 e. The molecule has 1 saturated heterocycles. The largest absolute Gasteiger partial charge is 0.427 e. The van der Waals surface area contributed by atoms with Gasteiger partial charge in [0.2, 0.25) is 0 Å². The fourth-order valence-electron chi connectivity index (χ4n) is 1.94. The van der Waals surface area contributed by atoms with E-state index in [1.54, 1.807) is 24.3 Å². The number of rotatable bonds is 3. The smallest absolute Gasteiger partial charge is 0.311 e. The van der Waals surface area contributed by atoms with Crippen LogP contribution in [0, 0.1) is 5.92 Å². The van der Waals surface area contributed by atoms with Crippen molar-refractivity contribution in [3.05, 3.63) is 28.7 Å². The molecular weight excluding hydrogens is 320 g/mol. The van der Waals surface area contributed by atoms with Crippen molar-refractivity contribution in [2.45, 2.75) is 12.8 Å². The molecule has 1 aromatic carbocycles. The van der Waals surface area contributed by atoms with Crippen molar-refractivity contribution in [3.8, 4) is 5.75 Å². The molecule has 1 fully saturated rings. The zero-order valence-corrected chi connectivity index (χ0v) is 12.0. The minimum atomic E-state index is -2.93. The second-order valence-electron chi connectivity index (χ2n) is 4.40. The zero-order valence-electron chi connectivity index (χ0n) is 9.63. The van der Waals surface area contributed by atoms with Gasteiger partial charge < -0.3 is 4.74 Å². The SMILES string of the molecule is O=C(C[C@@H]1CCS(=O)(=O)C1)Oc1ccc(Br)cc1. The van der Waals surface area contributed by atoms with E-state index in [9.17, 15) is 13.2 Å². The molecule has 6 heteroatoms. The van der Waals surface area contributed by atoms with Gasteiger partial charge in [0, 0.05) is 10.9 Å². The molecule has 1 aliphatic heterocycles. The van der Waals surface area contributed by atoms with Gasteiger partial charge in [0.15, 0.2) is 9.84 Å². The van der Waals surface area contributed by atoms with Crippen molar-refractivity contribution in [1.29, 1.82) is 0 Å². The van der Waals surface area contributed by atoms with Crippen LogP contribution in [0.3, 0.4) is 0 Å². The molecule has 18 heavy (non-hydrogen) atoms. The summed E-state index contributed by atoms with van der Waals surface area (Å²) in [6.07, 6.45) is 0.715. The van der Waals surface area contributed by atoms with Gasteiger partial charge in [-0.25, -0.2) is 8.42 Å². The van der Waals surface area contributed by atoms with Gasteiger partial charge in [-0.1, -0.05) is 15.9 Å². The second-order valence-corrected chi connectivity index (χ2v) is 7.55. The minimum Gasteiger partial charge on any atom is -0.427 e. The van der Waals surface area contributed by atoms with Crippen LogP contribution in [0.5, 0.6) is 5.75 Å². The van der Waals surface area contributed by atoms with Crippen LogP contribution >= 0.6 is 15.9 Å². The lowest BCUT2D eigenvalue weighted by Crippen LogP contribution is -2.15. The van der Waals surface area contributed by atoms with E-state index in [0.717, 1.165) is 4.47 Å². The summed E-state index contributed by atoms with van der Waals surface area (Å²) in [6.45, 7) is 0. The van der Waals surface area contributed by atoms with Gasteiger partial charge >= 0.3 is 5.97 Å². The summed E-state index contributed by atoms with van der Waals surface area (Å²) >= 11 is 3.29. The highest BCUT2D eigenvalue weighted by molar-refractivity contribution is 9.10. The summed E-state index contributed by atoms with van der Waals surface area (Å²) in [5.74, 6) is 0.285. The summed E-state index contributed by atoms with van der Waals surface area (Å²) in [6, 6.07) is 6.94. The number of carbonyl (C=O) groups excluding carboxylic acids is 1. The lowest BCUT2D eigenvalue weighted by molar-refractivity contribution is -0.135. The standard InChI is InChI=1S/C12H13BrO4S/c13-10-1-3-11(4-2-10)17-12(14)7-9-5-6-18(15,16)8-9/h1-4,9H,5-8H2/t9-/m0/s1. The molecule has 2 rings (SSSR count). The van der Waals surface area contributed by atoms with Gasteiger partial charge in [0.25, 0.3) is 0 Å². The molecular formula is C12H13BrO4S. The summed E-state index contributed by atoms with van der Waals surface area (Å²) < 4.78 is 28.6. The number of sulfone groups is 1. The first-order valence-electron chi connectivity index (χ1n) is 5.61. The van der Waals surface area contributed by atoms with Gasteiger partial charge in [-0.15, -0.1) is 0 Å². The van der Waals surface area contributed by atoms with Crippen molar-refractivity contribution in [1.82, 2.24) is 0 Å². The van der Waals surface area contributed by atoms with Gasteiger partial charge in [-0.05, 0) is 36.6 Å². The van der Waals surface area contributed by atoms with Crippen LogP contribution in [0.15, 0.2) is 28.7 Å². The molecule has 1 aromatic rings. The summed E-state index contributed by atoms with van der Waals surface area (Å²) in [5, 5.41) is 0. The average Bonchev–Trinajstić information content (AvgIpc) is 2.61. The third-order valence-electron chi connectivity index (χ3n) is 2.83. The van der Waals surface area contributed by atoms with Crippen LogP contribution in [0.1, 0.15) is 12.8 Å². The normalized spacial score (nSPS) is 21.7. The Hall–Kier alpha value is -0.880. The minimum absolute atomic E-state index is 0.0991. The lowest BCUT2D eigenvalue weighted by Gasteiger charge is -2.07. The Bertz CT molecular complexity index is 536. The van der Waals surface area contributed by atoms with Gasteiger partial charge in [-0.3, -0.25) is 4.79 Å². The predicted octanol–water partition coefficient (Wildman–Crippen LogP) is 2.18. The third-order valence-corrected chi connectivity index (χ3v) is 5.19. The fraction of sp³-hybridized carbons (Fsp3) is 0.417. The Morgan fingerprint density at radius 2 is 2.00 bits per heavy atom. The molecule has 1 heterocycles. The molecule has 0 bridgehead atoms. The molecule has 0 N–H and O–H groups in total. The molecule has 0 spiro atoms. The van der Waals surface area contributed by atoms with Crippen LogP contribution in [0.25, 0.3) is 0 Å². The van der Waals surface area contributed by atoms with E-state index in [0.29, 0.717) is 12.2 Å². The van der Waals surface area contributed by atoms with E-state index >= 15 is 0 Å². The number of benzene rings is 1. The van der Waals surface area contributed by atoms with Crippen LogP contribution in [0.2, 0.25) is 0 Å². The maximum atomic E-state index is 11.6. The molecule has 0 saturated carbocycles. The molecule has 0 amide bonds. The predicted molar refractivity (Wildman–Crippen MR) is 71.2 cm³/mol. The van der Waals surface area contributed by atoms with Crippen molar-refractivity contribution in [3.63, 3.8) is 0 Å². The van der Waals surface area contributed by atoms with E-state index in [2.05, 4.69) is 15.9 Å². The average molecular weight is 333 g/mol. The van der Waals surface area contributed by atoms with E-state index in [1.807, 2.05) is 0 Å². The Morgan fingerprint density at radius 1 is 1.33 bits per heavy atom. The molecule has 1 aliphatic rings. The number of hydrogen-bond acceptors (Lipinski definition) is 4. The number of esters is 1. The van der Waals surface area contributed by atoms with Crippen molar-refractivity contribution in [2.75, 3.05) is 11.5 Å². The van der Waals surface area contributed by atoms with Crippen molar-refractivity contribution in [2.24, 2.45) is 5.92 Å². The Kier molecular flexibility index (Phi) is 4.07. The Labute approximate surface area is 114 Å². The Balaban J connectivity index is 1.88. The Morgan fingerprint density at radius 3 is 2.56 bits per heavy atom. The highest BCUT2D eigenvalue weighted by Crippen LogP contribution is 2.23. The molecule has 1 atom stereocenters. The van der Waals surface area contributed by atoms with Gasteiger partial charge in [0.1, 0.15) is 5.75 Å². The van der Waals surface area contributed by atoms with Crippen molar-refractivity contribution >= 4 is 31.7 Å². The second kappa shape index (κ2) is 5.40. The van der Waals surface area contributed by atoms with Crippen molar-refractivity contribution < 1.29 is 17.9 Å². The zero-order chi connectivity index (χ0) is 13.2. The molecule has 0 aromatic heterocycles. The quantitative estimate of drug-likeness (QED) is 0.628. The fourth-order valence-corrected chi connectivity index (χ4v) is 4.07. The number of ether oxygens (including phenoxy) is 1. The third kappa shape index (κ3) is 3.81. The number of carbonyl (C=O) groups is 1. The monoisotopic (exact) mass is 332 g/mol. The molecule has 98 valence electrons. The van der Waals surface area contributed by atoms with E-state index in [-0.39, 0.29) is 29.8 Å². The topological polar surface area (TPSA) is 60.4 Å². The first-order chi connectivity index (χ1) is 8.44. The van der Waals surface area contributed by atoms with Gasteiger partial charge in [-0.2, -0.15) is 0 Å². The molecule has 0 aliphatic carbocycles. The van der Waals surface area contributed by atoms with Crippen LogP contribution in [0.4, 0.5) is 0 Å². The van der Waals surface area contributed by atoms with Crippen LogP contribution in [-0.2, 0) is 14.6 Å².